The van der Waals surface area contributed by atoms with Gasteiger partial charge in [-0.3, -0.25) is 23.7 Å². The molecule has 290 valence electrons. The quantitative estimate of drug-likeness (QED) is 0.0884. The molecule has 1 saturated heterocycles. The van der Waals surface area contributed by atoms with Gasteiger partial charge in [0.15, 0.2) is 33.8 Å². The van der Waals surface area contributed by atoms with Crippen molar-refractivity contribution in [2.24, 2.45) is 4.99 Å². The molecule has 18 heteroatoms. The molecule has 0 aliphatic carbocycles. The van der Waals surface area contributed by atoms with Crippen LogP contribution in [0.1, 0.15) is 79.6 Å². The fourth-order valence-corrected chi connectivity index (χ4v) is 6.77. The minimum Gasteiger partial charge on any atom is -0.461 e. The van der Waals surface area contributed by atoms with E-state index in [0.717, 1.165) is 15.7 Å². The maximum atomic E-state index is 16.0. The zero-order valence-electron chi connectivity index (χ0n) is 31.1. The van der Waals surface area contributed by atoms with Gasteiger partial charge in [0, 0.05) is 24.3 Å². The Morgan fingerprint density at radius 3 is 2.40 bits per heavy atom. The van der Waals surface area contributed by atoms with E-state index < -0.39 is 59.6 Å². The molecule has 5 heterocycles. The third-order valence-corrected chi connectivity index (χ3v) is 9.27. The van der Waals surface area contributed by atoms with Crippen LogP contribution in [0.5, 0.6) is 5.75 Å². The van der Waals surface area contributed by atoms with E-state index in [9.17, 15) is 24.3 Å². The number of carbonyl (C=O) groups excluding carboxylic acids is 2. The van der Waals surface area contributed by atoms with Crippen molar-refractivity contribution in [3.8, 4) is 18.1 Å². The highest BCUT2D eigenvalue weighted by Gasteiger charge is 2.49. The molecule has 0 unspecified atom stereocenters. The first-order chi connectivity index (χ1) is 25.9. The van der Waals surface area contributed by atoms with Crippen LogP contribution >= 0.6 is 0 Å². The summed E-state index contributed by atoms with van der Waals surface area (Å²) in [4.78, 5) is 61.5. The fraction of sp³-hybridized carbons (Fsp3) is 0.432. The Balaban J connectivity index is 1.28. The maximum Gasteiger partial charge on any atom is 0.519 e. The Morgan fingerprint density at radius 2 is 1.78 bits per heavy atom. The second kappa shape index (κ2) is 14.6. The molecular formula is C37H38FN5O12. The lowest BCUT2D eigenvalue weighted by molar-refractivity contribution is -0.157. The van der Waals surface area contributed by atoms with Gasteiger partial charge in [-0.05, 0) is 44.9 Å². The van der Waals surface area contributed by atoms with Crippen molar-refractivity contribution in [2.45, 2.75) is 97.7 Å². The van der Waals surface area contributed by atoms with Crippen LogP contribution in [-0.2, 0) is 37.6 Å². The molecule has 1 aromatic carbocycles. The number of hydrogen-bond donors (Lipinski definition) is 1. The monoisotopic (exact) mass is 763 g/mol. The first-order valence-electron chi connectivity index (χ1n) is 17.0. The lowest BCUT2D eigenvalue weighted by Gasteiger charge is -2.30. The number of halogens is 1. The normalized spacial score (nSPS) is 18.9. The van der Waals surface area contributed by atoms with Crippen LogP contribution in [0, 0.1) is 46.1 Å². The van der Waals surface area contributed by atoms with Gasteiger partial charge in [0.1, 0.15) is 42.8 Å². The third-order valence-electron chi connectivity index (χ3n) is 9.27. The molecule has 1 aliphatic rings. The van der Waals surface area contributed by atoms with Gasteiger partial charge in [-0.2, -0.15) is 9.37 Å². The fourth-order valence-electron chi connectivity index (χ4n) is 6.77. The van der Waals surface area contributed by atoms with Crippen LogP contribution in [0.3, 0.4) is 0 Å². The highest BCUT2D eigenvalue weighted by atomic mass is 19.1. The van der Waals surface area contributed by atoms with Crippen molar-refractivity contribution in [1.29, 1.82) is 0 Å². The van der Waals surface area contributed by atoms with E-state index in [4.69, 9.17) is 38.3 Å². The minimum atomic E-state index is -1.81. The topological polar surface area (TPSA) is 217 Å². The Labute approximate surface area is 311 Å². The number of terminal acetylenes is 1. The number of rotatable bonds is 11. The molecule has 17 nitrogen and oxygen atoms in total. The zero-order valence-corrected chi connectivity index (χ0v) is 31.1. The number of nitrogens with zero attached hydrogens (tertiary/aromatic N) is 5. The predicted molar refractivity (Wildman–Crippen MR) is 186 cm³/mol. The smallest absolute Gasteiger partial charge is 0.461 e. The first kappa shape index (κ1) is 38.7. The van der Waals surface area contributed by atoms with Crippen LogP contribution in [0.2, 0.25) is 0 Å². The molecule has 1 N–H and O–H groups in total. The van der Waals surface area contributed by atoms with Crippen molar-refractivity contribution in [1.82, 2.24) is 19.1 Å². The second-order valence-electron chi connectivity index (χ2n) is 13.9. The van der Waals surface area contributed by atoms with Crippen molar-refractivity contribution in [3.63, 3.8) is 0 Å². The molecule has 5 aromatic rings. The molecular weight excluding hydrogens is 725 g/mol. The van der Waals surface area contributed by atoms with E-state index in [1.54, 1.807) is 6.07 Å². The van der Waals surface area contributed by atoms with Crippen LogP contribution in [0.25, 0.3) is 11.2 Å². The highest BCUT2D eigenvalue weighted by Crippen LogP contribution is 2.40. The van der Waals surface area contributed by atoms with Gasteiger partial charge in [0.2, 0.25) is 0 Å². The number of hydrogen-bond acceptors (Lipinski definition) is 15. The van der Waals surface area contributed by atoms with Crippen LogP contribution in [0.4, 0.5) is 4.39 Å². The van der Waals surface area contributed by atoms with Gasteiger partial charge < -0.3 is 37.0 Å². The van der Waals surface area contributed by atoms with Gasteiger partial charge in [-0.15, -0.1) is 6.42 Å². The maximum absolute atomic E-state index is 16.0. The van der Waals surface area contributed by atoms with Crippen molar-refractivity contribution in [3.05, 3.63) is 91.0 Å². The molecule has 1 fully saturated rings. The number of aliphatic hydroxyl groups is 1. The molecule has 0 radical (unpaired) electrons. The Kier molecular flexibility index (Phi) is 10.3. The Hall–Kier alpha value is -6.06. The van der Waals surface area contributed by atoms with Crippen molar-refractivity contribution < 1.29 is 51.0 Å². The summed E-state index contributed by atoms with van der Waals surface area (Å²) in [7, 11) is 0. The lowest BCUT2D eigenvalue weighted by atomic mass is 9.78. The van der Waals surface area contributed by atoms with Crippen molar-refractivity contribution in [2.75, 3.05) is 6.61 Å². The van der Waals surface area contributed by atoms with Gasteiger partial charge >= 0.3 is 23.6 Å². The second-order valence-corrected chi connectivity index (χ2v) is 13.9. The van der Waals surface area contributed by atoms with E-state index >= 15 is 4.39 Å². The molecule has 55 heavy (non-hydrogen) atoms. The van der Waals surface area contributed by atoms with E-state index in [2.05, 4.69) is 20.9 Å². The average Bonchev–Trinajstić information content (AvgIpc) is 3.82. The molecule has 0 bridgehead atoms. The number of aliphatic hydroxyl groups excluding tert-OH is 1. The minimum absolute atomic E-state index is 0.00484. The molecule has 0 amide bonds. The SMILES string of the molecule is C#C[C@]1(COC(=O)CC(C)(C)c2c(C)cc(C)cc2OC(C)=O)O[C@@H](n2cnc3c(=NCc4oc(=O)oc4C)n(Cc4oc(=O)oc4C)c(F)nc32)C[C@@H]1O. The Morgan fingerprint density at radius 1 is 1.11 bits per heavy atom. The van der Waals surface area contributed by atoms with Crippen LogP contribution in [0.15, 0.2) is 50.7 Å². The summed E-state index contributed by atoms with van der Waals surface area (Å²) >= 11 is 0. The summed E-state index contributed by atoms with van der Waals surface area (Å²) in [6.07, 6.45) is 3.41. The molecule has 0 spiro atoms. The van der Waals surface area contributed by atoms with E-state index in [0.29, 0.717) is 11.3 Å². The summed E-state index contributed by atoms with van der Waals surface area (Å²) < 4.78 is 55.5. The molecule has 1 aliphatic heterocycles. The highest BCUT2D eigenvalue weighted by molar-refractivity contribution is 5.74. The van der Waals surface area contributed by atoms with Gasteiger partial charge in [-0.25, -0.2) is 14.6 Å². The number of fused-ring (bicyclic) bond motifs is 1. The average molecular weight is 764 g/mol. The van der Waals surface area contributed by atoms with Gasteiger partial charge in [0.25, 0.3) is 6.08 Å². The van der Waals surface area contributed by atoms with Gasteiger partial charge in [-0.1, -0.05) is 25.8 Å². The third kappa shape index (κ3) is 7.66. The van der Waals surface area contributed by atoms with Crippen LogP contribution < -0.4 is 21.9 Å². The number of esters is 2. The number of benzene rings is 1. The lowest BCUT2D eigenvalue weighted by Crippen LogP contribution is -2.43. The molecule has 3 atom stereocenters. The zero-order chi connectivity index (χ0) is 40.0. The van der Waals surface area contributed by atoms with E-state index in [1.165, 1.54) is 31.7 Å². The summed E-state index contributed by atoms with van der Waals surface area (Å²) in [6.45, 7) is 10.4. The van der Waals surface area contributed by atoms with Gasteiger partial charge in [0.05, 0.1) is 19.3 Å². The number of imidazole rings is 1. The number of ether oxygens (including phenoxy) is 3. The van der Waals surface area contributed by atoms with E-state index in [1.807, 2.05) is 33.8 Å². The first-order valence-corrected chi connectivity index (χ1v) is 17.0. The summed E-state index contributed by atoms with van der Waals surface area (Å²) in [5.41, 5.74) is -0.417. The predicted octanol–water partition coefficient (Wildman–Crippen LogP) is 3.34. The number of carbonyl (C=O) groups is 2. The number of aryl methyl sites for hydroxylation is 4. The van der Waals surface area contributed by atoms with E-state index in [-0.39, 0.29) is 65.6 Å². The summed E-state index contributed by atoms with van der Waals surface area (Å²) in [5, 5.41) is 11.2. The largest absolute Gasteiger partial charge is 0.519 e. The molecule has 4 aromatic heterocycles. The molecule has 6 rings (SSSR count). The number of aromatic nitrogens is 4. The summed E-state index contributed by atoms with van der Waals surface area (Å²) in [6, 6.07) is 3.64. The Bertz CT molecular complexity index is 2540. The molecule has 0 saturated carbocycles. The standard InChI is InChI=1S/C37H38FN5O12/c1-9-37(16-49-28(46)13-36(7,8)29-19(3)10-18(2)11-23(29)52-22(6)44)26(45)12-27(55-37)43-17-40-30-31(39-14-24-20(4)50-34(47)53-24)42(33(38)41-32(30)43)15-25-21(5)51-35(48)54-25/h1,10-11,17,26-27,45H,12-16H2,2-8H3/t26-,27+,37+/m0/s1. The summed E-state index contributed by atoms with van der Waals surface area (Å²) in [5.74, 6) is 0.00252. The van der Waals surface area contributed by atoms with Crippen molar-refractivity contribution >= 4 is 23.1 Å². The van der Waals surface area contributed by atoms with Crippen LogP contribution in [-0.4, -0.2) is 54.5 Å².